The highest BCUT2D eigenvalue weighted by Gasteiger charge is 2.13. The third kappa shape index (κ3) is 1.51. The molecule has 0 N–H and O–H groups in total. The van der Waals surface area contributed by atoms with E-state index in [1.807, 2.05) is 19.9 Å². The van der Waals surface area contributed by atoms with Crippen LogP contribution in [0, 0.1) is 13.8 Å². The maximum absolute atomic E-state index is 11.8. The van der Waals surface area contributed by atoms with Crippen molar-refractivity contribution in [3.05, 3.63) is 45.5 Å². The molecule has 0 aliphatic heterocycles. The van der Waals surface area contributed by atoms with Gasteiger partial charge in [0.25, 0.3) is 0 Å². The molecule has 0 saturated heterocycles. The van der Waals surface area contributed by atoms with Crippen LogP contribution in [0.5, 0.6) is 0 Å². The summed E-state index contributed by atoms with van der Waals surface area (Å²) in [6.45, 7) is 4.03. The van der Waals surface area contributed by atoms with E-state index < -0.39 is 0 Å². The Morgan fingerprint density at radius 2 is 2.21 bits per heavy atom. The standard InChI is InChI=1S/C11H10O2S/c1-7-5-10(14-8(7)2)11(12)9-3-4-13-6-9/h3-6H,1-2H3. The number of hydrogen-bond acceptors (Lipinski definition) is 3. The van der Waals surface area contributed by atoms with Crippen molar-refractivity contribution in [3.63, 3.8) is 0 Å². The Balaban J connectivity index is 2.37. The zero-order chi connectivity index (χ0) is 10.1. The van der Waals surface area contributed by atoms with Crippen molar-refractivity contribution in [1.29, 1.82) is 0 Å². The lowest BCUT2D eigenvalue weighted by Gasteiger charge is -1.89. The summed E-state index contributed by atoms with van der Waals surface area (Å²) in [6.07, 6.45) is 2.99. The van der Waals surface area contributed by atoms with Crippen molar-refractivity contribution in [2.24, 2.45) is 0 Å². The van der Waals surface area contributed by atoms with Crippen molar-refractivity contribution in [3.8, 4) is 0 Å². The third-order valence-electron chi connectivity index (χ3n) is 2.17. The van der Waals surface area contributed by atoms with Crippen LogP contribution in [0.2, 0.25) is 0 Å². The molecular weight excluding hydrogens is 196 g/mol. The summed E-state index contributed by atoms with van der Waals surface area (Å²) in [4.78, 5) is 13.8. The zero-order valence-corrected chi connectivity index (χ0v) is 8.85. The predicted octanol–water partition coefficient (Wildman–Crippen LogP) is 3.19. The van der Waals surface area contributed by atoms with Crippen LogP contribution in [-0.4, -0.2) is 5.78 Å². The quantitative estimate of drug-likeness (QED) is 0.706. The summed E-state index contributed by atoms with van der Waals surface area (Å²) in [5, 5.41) is 0. The molecule has 2 aromatic rings. The minimum absolute atomic E-state index is 0.0416. The topological polar surface area (TPSA) is 30.2 Å². The Labute approximate surface area is 86.2 Å². The SMILES string of the molecule is Cc1cc(C(=O)c2ccoc2)sc1C. The van der Waals surface area contributed by atoms with Gasteiger partial charge in [-0.05, 0) is 31.5 Å². The first-order chi connectivity index (χ1) is 6.68. The van der Waals surface area contributed by atoms with E-state index in [-0.39, 0.29) is 5.78 Å². The molecule has 0 radical (unpaired) electrons. The number of ketones is 1. The molecular formula is C11H10O2S. The van der Waals surface area contributed by atoms with Gasteiger partial charge in [-0.15, -0.1) is 11.3 Å². The van der Waals surface area contributed by atoms with Crippen molar-refractivity contribution in [2.75, 3.05) is 0 Å². The number of carbonyl (C=O) groups is 1. The molecule has 0 fully saturated rings. The van der Waals surface area contributed by atoms with Crippen LogP contribution >= 0.6 is 11.3 Å². The first kappa shape index (κ1) is 9.21. The molecule has 0 bridgehead atoms. The molecule has 2 heterocycles. The molecule has 0 aliphatic rings. The second-order valence-corrected chi connectivity index (χ2v) is 4.45. The minimum Gasteiger partial charge on any atom is -0.472 e. The van der Waals surface area contributed by atoms with Crippen molar-refractivity contribution in [2.45, 2.75) is 13.8 Å². The summed E-state index contributed by atoms with van der Waals surface area (Å²) in [5.41, 5.74) is 1.79. The number of furan rings is 1. The number of aryl methyl sites for hydroxylation is 2. The van der Waals surface area contributed by atoms with Crippen LogP contribution in [0.25, 0.3) is 0 Å². The molecule has 0 atom stereocenters. The molecule has 0 aliphatic carbocycles. The Morgan fingerprint density at radius 3 is 2.71 bits per heavy atom. The maximum Gasteiger partial charge on any atom is 0.206 e. The van der Waals surface area contributed by atoms with Gasteiger partial charge in [-0.1, -0.05) is 0 Å². The number of thiophene rings is 1. The Bertz CT molecular complexity index is 432. The first-order valence-corrected chi connectivity index (χ1v) is 5.14. The maximum atomic E-state index is 11.8. The Hall–Kier alpha value is -1.35. The zero-order valence-electron chi connectivity index (χ0n) is 8.03. The number of rotatable bonds is 2. The largest absolute Gasteiger partial charge is 0.472 e. The molecule has 0 aromatic carbocycles. The van der Waals surface area contributed by atoms with Gasteiger partial charge in [0.15, 0.2) is 0 Å². The normalized spacial score (nSPS) is 10.4. The Kier molecular flexibility index (Phi) is 2.25. The molecule has 14 heavy (non-hydrogen) atoms. The van der Waals surface area contributed by atoms with Gasteiger partial charge < -0.3 is 4.42 Å². The van der Waals surface area contributed by atoms with E-state index in [0.29, 0.717) is 5.56 Å². The summed E-state index contributed by atoms with van der Waals surface area (Å²) >= 11 is 1.53. The van der Waals surface area contributed by atoms with Gasteiger partial charge in [0.2, 0.25) is 5.78 Å². The highest BCUT2D eigenvalue weighted by molar-refractivity contribution is 7.14. The van der Waals surface area contributed by atoms with Crippen molar-refractivity contribution >= 4 is 17.1 Å². The second kappa shape index (κ2) is 3.42. The lowest BCUT2D eigenvalue weighted by atomic mass is 10.2. The summed E-state index contributed by atoms with van der Waals surface area (Å²) in [6, 6.07) is 3.61. The fourth-order valence-corrected chi connectivity index (χ4v) is 2.22. The van der Waals surface area contributed by atoms with Gasteiger partial charge >= 0.3 is 0 Å². The highest BCUT2D eigenvalue weighted by Crippen LogP contribution is 2.23. The molecule has 3 heteroatoms. The monoisotopic (exact) mass is 206 g/mol. The van der Waals surface area contributed by atoms with Gasteiger partial charge in [-0.2, -0.15) is 0 Å². The predicted molar refractivity (Wildman–Crippen MR) is 55.9 cm³/mol. The molecule has 2 aromatic heterocycles. The third-order valence-corrected chi connectivity index (χ3v) is 3.32. The fourth-order valence-electron chi connectivity index (χ4n) is 1.22. The average Bonchev–Trinajstić information content (AvgIpc) is 2.76. The van der Waals surface area contributed by atoms with Crippen LogP contribution in [0.15, 0.2) is 29.1 Å². The van der Waals surface area contributed by atoms with E-state index in [1.54, 1.807) is 6.07 Å². The van der Waals surface area contributed by atoms with Crippen molar-refractivity contribution in [1.82, 2.24) is 0 Å². The van der Waals surface area contributed by atoms with Gasteiger partial charge in [-0.3, -0.25) is 4.79 Å². The van der Waals surface area contributed by atoms with Gasteiger partial charge in [0.1, 0.15) is 6.26 Å². The lowest BCUT2D eigenvalue weighted by Crippen LogP contribution is -1.95. The average molecular weight is 206 g/mol. The van der Waals surface area contributed by atoms with E-state index in [0.717, 1.165) is 4.88 Å². The molecule has 0 spiro atoms. The van der Waals surface area contributed by atoms with E-state index >= 15 is 0 Å². The van der Waals surface area contributed by atoms with E-state index in [1.165, 1.54) is 34.3 Å². The highest BCUT2D eigenvalue weighted by atomic mass is 32.1. The Morgan fingerprint density at radius 1 is 1.43 bits per heavy atom. The number of hydrogen-bond donors (Lipinski definition) is 0. The van der Waals surface area contributed by atoms with Crippen LogP contribution in [-0.2, 0) is 0 Å². The molecule has 72 valence electrons. The molecule has 2 rings (SSSR count). The van der Waals surface area contributed by atoms with Crippen LogP contribution in [0.1, 0.15) is 25.7 Å². The summed E-state index contributed by atoms with van der Waals surface area (Å²) < 4.78 is 4.88. The number of carbonyl (C=O) groups excluding carboxylic acids is 1. The van der Waals surface area contributed by atoms with E-state index in [4.69, 9.17) is 4.42 Å². The summed E-state index contributed by atoms with van der Waals surface area (Å²) in [7, 11) is 0. The van der Waals surface area contributed by atoms with Crippen LogP contribution < -0.4 is 0 Å². The lowest BCUT2D eigenvalue weighted by molar-refractivity contribution is 0.104. The summed E-state index contributed by atoms with van der Waals surface area (Å²) in [5.74, 6) is 0.0416. The van der Waals surface area contributed by atoms with Gasteiger partial charge in [0.05, 0.1) is 16.7 Å². The first-order valence-electron chi connectivity index (χ1n) is 4.32. The van der Waals surface area contributed by atoms with Gasteiger partial charge in [-0.25, -0.2) is 0 Å². The second-order valence-electron chi connectivity index (χ2n) is 3.19. The fraction of sp³-hybridized carbons (Fsp3) is 0.182. The molecule has 0 saturated carbocycles. The smallest absolute Gasteiger partial charge is 0.206 e. The van der Waals surface area contributed by atoms with Gasteiger partial charge in [0, 0.05) is 4.88 Å². The molecule has 2 nitrogen and oxygen atoms in total. The van der Waals surface area contributed by atoms with Crippen molar-refractivity contribution < 1.29 is 9.21 Å². The van der Waals surface area contributed by atoms with E-state index in [9.17, 15) is 4.79 Å². The minimum atomic E-state index is 0.0416. The van der Waals surface area contributed by atoms with Crippen LogP contribution in [0.4, 0.5) is 0 Å². The van der Waals surface area contributed by atoms with E-state index in [2.05, 4.69) is 0 Å². The molecule has 0 unspecified atom stereocenters. The molecule has 0 amide bonds. The van der Waals surface area contributed by atoms with Crippen LogP contribution in [0.3, 0.4) is 0 Å².